The molecule has 3 nitrogen and oxygen atoms in total. The highest BCUT2D eigenvalue weighted by atomic mass is 35.5. The number of rotatable bonds is 5. The lowest BCUT2D eigenvalue weighted by atomic mass is 10.1. The minimum atomic E-state index is -0.882. The third kappa shape index (κ3) is 3.93. The Labute approximate surface area is 139 Å². The molecule has 2 rings (SSSR count). The van der Waals surface area contributed by atoms with Gasteiger partial charge in [-0.05, 0) is 42.7 Å². The molecular formula is C17H17Cl2NO2. The Bertz CT molecular complexity index is 691. The molecule has 0 aliphatic rings. The Morgan fingerprint density at radius 3 is 2.36 bits per heavy atom. The van der Waals surface area contributed by atoms with Crippen molar-refractivity contribution < 1.29 is 9.90 Å². The molecule has 0 saturated heterocycles. The number of hydrogen-bond acceptors (Lipinski definition) is 2. The van der Waals surface area contributed by atoms with Crippen molar-refractivity contribution in [2.75, 3.05) is 5.32 Å². The van der Waals surface area contributed by atoms with Crippen LogP contribution in [-0.2, 0) is 17.6 Å². The monoisotopic (exact) mass is 337 g/mol. The van der Waals surface area contributed by atoms with Crippen LogP contribution < -0.4 is 5.32 Å². The van der Waals surface area contributed by atoms with Gasteiger partial charge in [0.15, 0.2) is 0 Å². The highest BCUT2D eigenvalue weighted by molar-refractivity contribution is 6.39. The second-order valence-corrected chi connectivity index (χ2v) is 5.96. The molecule has 2 N–H and O–H groups in total. The van der Waals surface area contributed by atoms with Gasteiger partial charge in [-0.2, -0.15) is 0 Å². The number of carboxylic acids is 1. The highest BCUT2D eigenvalue weighted by Gasteiger charge is 2.12. The smallest absolute Gasteiger partial charge is 0.307 e. The fraction of sp³-hybridized carbons (Fsp3) is 0.235. The summed E-state index contributed by atoms with van der Waals surface area (Å²) in [6, 6.07) is 9.32. The van der Waals surface area contributed by atoms with Gasteiger partial charge in [0.25, 0.3) is 0 Å². The quantitative estimate of drug-likeness (QED) is 0.784. The predicted molar refractivity (Wildman–Crippen MR) is 91.6 cm³/mol. The molecular weight excluding hydrogens is 321 g/mol. The van der Waals surface area contributed by atoms with Crippen molar-refractivity contribution >= 4 is 40.5 Å². The number of halogens is 2. The summed E-state index contributed by atoms with van der Waals surface area (Å²) in [4.78, 5) is 11.0. The molecule has 2 aromatic carbocycles. The number of carbonyl (C=O) groups is 1. The van der Waals surface area contributed by atoms with E-state index in [1.54, 1.807) is 0 Å². The Hall–Kier alpha value is -1.71. The Morgan fingerprint density at radius 2 is 1.82 bits per heavy atom. The topological polar surface area (TPSA) is 49.3 Å². The maximum atomic E-state index is 11.0. The van der Waals surface area contributed by atoms with Gasteiger partial charge in [0.1, 0.15) is 0 Å². The zero-order valence-electron chi connectivity index (χ0n) is 12.4. The zero-order valence-corrected chi connectivity index (χ0v) is 13.9. The fourth-order valence-electron chi connectivity index (χ4n) is 2.24. The van der Waals surface area contributed by atoms with Crippen LogP contribution in [-0.4, -0.2) is 11.1 Å². The van der Waals surface area contributed by atoms with Gasteiger partial charge in [0.2, 0.25) is 0 Å². The first-order chi connectivity index (χ1) is 10.4. The van der Waals surface area contributed by atoms with Gasteiger partial charge in [-0.1, -0.05) is 47.8 Å². The zero-order chi connectivity index (χ0) is 16.3. The molecule has 22 heavy (non-hydrogen) atoms. The molecule has 0 heterocycles. The van der Waals surface area contributed by atoms with Crippen molar-refractivity contribution in [2.24, 2.45) is 0 Å². The van der Waals surface area contributed by atoms with Crippen molar-refractivity contribution in [3.05, 3.63) is 57.1 Å². The van der Waals surface area contributed by atoms with Crippen LogP contribution >= 0.6 is 23.2 Å². The molecule has 0 aliphatic carbocycles. The number of nitrogens with one attached hydrogen (secondary N) is 1. The largest absolute Gasteiger partial charge is 0.481 e. The van der Waals surface area contributed by atoms with E-state index in [0.717, 1.165) is 17.5 Å². The molecule has 0 aliphatic heterocycles. The van der Waals surface area contributed by atoms with Gasteiger partial charge in [-0.15, -0.1) is 0 Å². The molecule has 0 radical (unpaired) electrons. The summed E-state index contributed by atoms with van der Waals surface area (Å²) in [5.41, 5.74) is 4.03. The molecule has 0 saturated carbocycles. The van der Waals surface area contributed by atoms with Crippen molar-refractivity contribution in [3.8, 4) is 0 Å². The number of hydrogen-bond donors (Lipinski definition) is 2. The second-order valence-electron chi connectivity index (χ2n) is 5.14. The second kappa shape index (κ2) is 7.03. The SMILES string of the molecule is CCc1cc(Cl)c(Nc2ccc(C)cc2CC(=O)O)c(Cl)c1. The van der Waals surface area contributed by atoms with Gasteiger partial charge < -0.3 is 10.4 Å². The van der Waals surface area contributed by atoms with E-state index >= 15 is 0 Å². The molecule has 5 heteroatoms. The molecule has 0 amide bonds. The molecule has 0 unspecified atom stereocenters. The molecule has 2 aromatic rings. The van der Waals surface area contributed by atoms with Crippen LogP contribution in [0.1, 0.15) is 23.6 Å². The minimum Gasteiger partial charge on any atom is -0.481 e. The van der Waals surface area contributed by atoms with Crippen LogP contribution in [0.5, 0.6) is 0 Å². The maximum absolute atomic E-state index is 11.0. The van der Waals surface area contributed by atoms with E-state index in [4.69, 9.17) is 28.3 Å². The molecule has 0 atom stereocenters. The molecule has 116 valence electrons. The lowest BCUT2D eigenvalue weighted by Crippen LogP contribution is -2.05. The summed E-state index contributed by atoms with van der Waals surface area (Å²) in [6.45, 7) is 3.95. The number of aliphatic carboxylic acids is 1. The average molecular weight is 338 g/mol. The predicted octanol–water partition coefficient (Wildman–Crippen LogP) is 5.23. The lowest BCUT2D eigenvalue weighted by molar-refractivity contribution is -0.136. The van der Waals surface area contributed by atoms with Crippen LogP contribution in [0.4, 0.5) is 11.4 Å². The third-order valence-electron chi connectivity index (χ3n) is 3.37. The van der Waals surface area contributed by atoms with E-state index in [1.165, 1.54) is 0 Å². The first-order valence-electron chi connectivity index (χ1n) is 6.97. The average Bonchev–Trinajstić information content (AvgIpc) is 2.43. The van der Waals surface area contributed by atoms with Crippen LogP contribution in [0.15, 0.2) is 30.3 Å². The van der Waals surface area contributed by atoms with E-state index in [-0.39, 0.29) is 6.42 Å². The number of carboxylic acid groups (broad SMARTS) is 1. The Kier molecular flexibility index (Phi) is 5.33. The van der Waals surface area contributed by atoms with Gasteiger partial charge in [0, 0.05) is 5.69 Å². The van der Waals surface area contributed by atoms with E-state index in [0.29, 0.717) is 27.0 Å². The standard InChI is InChI=1S/C17H17Cl2NO2/c1-3-11-7-13(18)17(14(19)8-11)20-15-5-4-10(2)6-12(15)9-16(21)22/h4-8,20H,3,9H2,1-2H3,(H,21,22). The first kappa shape index (κ1) is 16.7. The summed E-state index contributed by atoms with van der Waals surface area (Å²) in [7, 11) is 0. The van der Waals surface area contributed by atoms with Gasteiger partial charge >= 0.3 is 5.97 Å². The van der Waals surface area contributed by atoms with Crippen molar-refractivity contribution in [1.29, 1.82) is 0 Å². The van der Waals surface area contributed by atoms with Crippen LogP contribution in [0.25, 0.3) is 0 Å². The summed E-state index contributed by atoms with van der Waals surface area (Å²) in [6.07, 6.45) is 0.779. The summed E-state index contributed by atoms with van der Waals surface area (Å²) in [5, 5.41) is 13.3. The van der Waals surface area contributed by atoms with Gasteiger partial charge in [-0.3, -0.25) is 4.79 Å². The molecule has 0 aromatic heterocycles. The maximum Gasteiger partial charge on any atom is 0.307 e. The lowest BCUT2D eigenvalue weighted by Gasteiger charge is -2.15. The number of benzene rings is 2. The van der Waals surface area contributed by atoms with Crippen LogP contribution in [0, 0.1) is 6.92 Å². The van der Waals surface area contributed by atoms with Gasteiger partial charge in [-0.25, -0.2) is 0 Å². The van der Waals surface area contributed by atoms with Crippen molar-refractivity contribution in [2.45, 2.75) is 26.7 Å². The number of anilines is 2. The first-order valence-corrected chi connectivity index (χ1v) is 7.72. The normalized spacial score (nSPS) is 10.5. The Morgan fingerprint density at radius 1 is 1.18 bits per heavy atom. The van der Waals surface area contributed by atoms with E-state index < -0.39 is 5.97 Å². The fourth-order valence-corrected chi connectivity index (χ4v) is 2.86. The molecule has 0 bridgehead atoms. The van der Waals surface area contributed by atoms with E-state index in [1.807, 2.05) is 44.2 Å². The summed E-state index contributed by atoms with van der Waals surface area (Å²) < 4.78 is 0. The van der Waals surface area contributed by atoms with Crippen molar-refractivity contribution in [3.63, 3.8) is 0 Å². The van der Waals surface area contributed by atoms with Crippen LogP contribution in [0.2, 0.25) is 10.0 Å². The van der Waals surface area contributed by atoms with Gasteiger partial charge in [0.05, 0.1) is 22.2 Å². The summed E-state index contributed by atoms with van der Waals surface area (Å²) >= 11 is 12.6. The number of aryl methyl sites for hydroxylation is 2. The Balaban J connectivity index is 2.41. The van der Waals surface area contributed by atoms with Crippen molar-refractivity contribution in [1.82, 2.24) is 0 Å². The molecule has 0 spiro atoms. The highest BCUT2D eigenvalue weighted by Crippen LogP contribution is 2.35. The van der Waals surface area contributed by atoms with Crippen LogP contribution in [0.3, 0.4) is 0 Å². The van der Waals surface area contributed by atoms with E-state index in [9.17, 15) is 4.79 Å². The molecule has 0 fully saturated rings. The minimum absolute atomic E-state index is 0.0632. The summed E-state index contributed by atoms with van der Waals surface area (Å²) in [5.74, 6) is -0.882. The van der Waals surface area contributed by atoms with E-state index in [2.05, 4.69) is 5.32 Å². The third-order valence-corrected chi connectivity index (χ3v) is 3.97.